The SMILES string of the molecule is CC(C)(C)OC(=O)COc1ccc2n[c]sc2n1. The Morgan fingerprint density at radius 2 is 2.22 bits per heavy atom. The first-order valence-corrected chi connectivity index (χ1v) is 6.24. The zero-order valence-electron chi connectivity index (χ0n) is 10.4. The first-order valence-electron chi connectivity index (χ1n) is 5.42. The van der Waals surface area contributed by atoms with E-state index in [1.807, 2.05) is 20.8 Å². The van der Waals surface area contributed by atoms with Crippen molar-refractivity contribution in [1.82, 2.24) is 9.97 Å². The monoisotopic (exact) mass is 265 g/mol. The number of aromatic nitrogens is 2. The highest BCUT2D eigenvalue weighted by atomic mass is 32.1. The van der Waals surface area contributed by atoms with Crippen molar-refractivity contribution in [2.45, 2.75) is 26.4 Å². The summed E-state index contributed by atoms with van der Waals surface area (Å²) in [4.78, 5) is 20.4. The Bertz CT molecular complexity index is 560. The Labute approximate surface area is 109 Å². The summed E-state index contributed by atoms with van der Waals surface area (Å²) in [6.45, 7) is 5.27. The smallest absolute Gasteiger partial charge is 0.344 e. The molecule has 0 aliphatic rings. The van der Waals surface area contributed by atoms with Crippen LogP contribution in [-0.2, 0) is 9.53 Å². The van der Waals surface area contributed by atoms with Crippen LogP contribution < -0.4 is 4.74 Å². The molecule has 0 unspecified atom stereocenters. The van der Waals surface area contributed by atoms with Gasteiger partial charge in [0.1, 0.15) is 15.9 Å². The lowest BCUT2D eigenvalue weighted by Gasteiger charge is -2.19. The molecule has 0 N–H and O–H groups in total. The van der Waals surface area contributed by atoms with E-state index in [1.165, 1.54) is 11.3 Å². The molecule has 6 heteroatoms. The van der Waals surface area contributed by atoms with Gasteiger partial charge in [-0.3, -0.25) is 0 Å². The van der Waals surface area contributed by atoms with E-state index in [2.05, 4.69) is 15.5 Å². The van der Waals surface area contributed by atoms with Crippen LogP contribution in [0, 0.1) is 5.51 Å². The molecule has 0 saturated heterocycles. The topological polar surface area (TPSA) is 61.3 Å². The van der Waals surface area contributed by atoms with Gasteiger partial charge >= 0.3 is 5.97 Å². The van der Waals surface area contributed by atoms with Crippen LogP contribution in [0.15, 0.2) is 12.1 Å². The first-order chi connectivity index (χ1) is 8.44. The minimum atomic E-state index is -0.509. The molecule has 5 nitrogen and oxygen atoms in total. The molecule has 0 atom stereocenters. The number of fused-ring (bicyclic) bond motifs is 1. The van der Waals surface area contributed by atoms with Crippen LogP contribution in [0.25, 0.3) is 10.3 Å². The summed E-state index contributed by atoms with van der Waals surface area (Å²) in [5.74, 6) is -0.0359. The van der Waals surface area contributed by atoms with E-state index in [9.17, 15) is 4.79 Å². The average molecular weight is 265 g/mol. The van der Waals surface area contributed by atoms with Gasteiger partial charge in [0, 0.05) is 6.07 Å². The summed E-state index contributed by atoms with van der Waals surface area (Å²) in [7, 11) is 0. The predicted molar refractivity (Wildman–Crippen MR) is 67.6 cm³/mol. The number of rotatable bonds is 3. The van der Waals surface area contributed by atoms with E-state index < -0.39 is 11.6 Å². The van der Waals surface area contributed by atoms with Gasteiger partial charge in [-0.1, -0.05) is 11.3 Å². The number of carbonyl (C=O) groups is 1. The molecule has 0 bridgehead atoms. The van der Waals surface area contributed by atoms with Crippen molar-refractivity contribution in [3.05, 3.63) is 17.6 Å². The lowest BCUT2D eigenvalue weighted by molar-refractivity contribution is -0.157. The normalized spacial score (nSPS) is 11.5. The van der Waals surface area contributed by atoms with Gasteiger partial charge in [-0.15, -0.1) is 0 Å². The van der Waals surface area contributed by atoms with E-state index in [-0.39, 0.29) is 6.61 Å². The van der Waals surface area contributed by atoms with E-state index in [0.717, 1.165) is 10.3 Å². The Kier molecular flexibility index (Phi) is 3.47. The highest BCUT2D eigenvalue weighted by Crippen LogP contribution is 2.18. The van der Waals surface area contributed by atoms with Gasteiger partial charge < -0.3 is 9.47 Å². The molecule has 0 aliphatic carbocycles. The second kappa shape index (κ2) is 4.89. The van der Waals surface area contributed by atoms with Crippen molar-refractivity contribution in [1.29, 1.82) is 0 Å². The summed E-state index contributed by atoms with van der Waals surface area (Å²) in [6.07, 6.45) is 0. The number of hydrogen-bond donors (Lipinski definition) is 0. The summed E-state index contributed by atoms with van der Waals surface area (Å²) < 4.78 is 10.4. The molecule has 0 amide bonds. The van der Waals surface area contributed by atoms with Gasteiger partial charge in [0.25, 0.3) is 0 Å². The van der Waals surface area contributed by atoms with Crippen LogP contribution >= 0.6 is 11.3 Å². The molecule has 0 aliphatic heterocycles. The van der Waals surface area contributed by atoms with Crippen LogP contribution in [0.5, 0.6) is 5.88 Å². The van der Waals surface area contributed by atoms with Gasteiger partial charge in [0.05, 0.1) is 0 Å². The first kappa shape index (κ1) is 12.8. The second-order valence-electron chi connectivity index (χ2n) is 4.65. The Morgan fingerprint density at radius 1 is 1.44 bits per heavy atom. The van der Waals surface area contributed by atoms with Crippen molar-refractivity contribution in [3.63, 3.8) is 0 Å². The molecule has 2 aromatic heterocycles. The largest absolute Gasteiger partial charge is 0.466 e. The predicted octanol–water partition coefficient (Wildman–Crippen LogP) is 2.21. The number of esters is 1. The summed E-state index contributed by atoms with van der Waals surface area (Å²) >= 11 is 1.30. The van der Waals surface area contributed by atoms with Gasteiger partial charge in [0.2, 0.25) is 5.88 Å². The molecule has 2 aromatic rings. The van der Waals surface area contributed by atoms with Crippen LogP contribution in [0.1, 0.15) is 20.8 Å². The van der Waals surface area contributed by atoms with Crippen molar-refractivity contribution in [2.75, 3.05) is 6.61 Å². The number of nitrogens with zero attached hydrogens (tertiary/aromatic N) is 2. The van der Waals surface area contributed by atoms with Crippen LogP contribution in [-0.4, -0.2) is 28.1 Å². The van der Waals surface area contributed by atoms with Crippen molar-refractivity contribution < 1.29 is 14.3 Å². The maximum absolute atomic E-state index is 11.5. The molecule has 2 rings (SSSR count). The van der Waals surface area contributed by atoms with Crippen LogP contribution in [0.3, 0.4) is 0 Å². The highest BCUT2D eigenvalue weighted by molar-refractivity contribution is 7.15. The molecule has 0 aromatic carbocycles. The van der Waals surface area contributed by atoms with E-state index >= 15 is 0 Å². The molecule has 0 spiro atoms. The van der Waals surface area contributed by atoms with Gasteiger partial charge in [0.15, 0.2) is 12.1 Å². The van der Waals surface area contributed by atoms with E-state index in [4.69, 9.17) is 9.47 Å². The Morgan fingerprint density at radius 3 is 2.94 bits per heavy atom. The fraction of sp³-hybridized carbons (Fsp3) is 0.417. The third-order valence-corrected chi connectivity index (χ3v) is 2.56. The van der Waals surface area contributed by atoms with Gasteiger partial charge in [-0.2, -0.15) is 0 Å². The van der Waals surface area contributed by atoms with E-state index in [1.54, 1.807) is 12.1 Å². The minimum Gasteiger partial charge on any atom is -0.466 e. The number of hydrogen-bond acceptors (Lipinski definition) is 6. The third kappa shape index (κ3) is 3.40. The Balaban J connectivity index is 1.95. The summed E-state index contributed by atoms with van der Waals surface area (Å²) in [5, 5.41) is 0. The molecule has 1 radical (unpaired) electrons. The summed E-state index contributed by atoms with van der Waals surface area (Å²) in [5.41, 5.74) is 3.00. The van der Waals surface area contributed by atoms with Crippen molar-refractivity contribution >= 4 is 27.7 Å². The standard InChI is InChI=1S/C12H13N2O3S/c1-12(2,3)17-10(15)6-16-9-5-4-8-11(14-9)18-7-13-8/h4-5H,6H2,1-3H3. The summed E-state index contributed by atoms with van der Waals surface area (Å²) in [6, 6.07) is 3.44. The maximum Gasteiger partial charge on any atom is 0.344 e. The molecule has 0 saturated carbocycles. The molecular formula is C12H13N2O3S. The van der Waals surface area contributed by atoms with Crippen molar-refractivity contribution in [3.8, 4) is 5.88 Å². The molecule has 95 valence electrons. The molecule has 2 heterocycles. The molecule has 18 heavy (non-hydrogen) atoms. The quantitative estimate of drug-likeness (QED) is 0.796. The third-order valence-electron chi connectivity index (χ3n) is 1.88. The van der Waals surface area contributed by atoms with Gasteiger partial charge in [-0.25, -0.2) is 14.8 Å². The lowest BCUT2D eigenvalue weighted by Crippen LogP contribution is -2.27. The lowest BCUT2D eigenvalue weighted by atomic mass is 10.2. The average Bonchev–Trinajstić information content (AvgIpc) is 2.71. The fourth-order valence-corrected chi connectivity index (χ4v) is 1.86. The molecule has 0 fully saturated rings. The second-order valence-corrected chi connectivity index (χ2v) is 5.43. The van der Waals surface area contributed by atoms with Crippen molar-refractivity contribution in [2.24, 2.45) is 0 Å². The van der Waals surface area contributed by atoms with Crippen LogP contribution in [0.4, 0.5) is 0 Å². The fourth-order valence-electron chi connectivity index (χ4n) is 1.28. The Hall–Kier alpha value is -1.69. The van der Waals surface area contributed by atoms with E-state index in [0.29, 0.717) is 5.88 Å². The van der Waals surface area contributed by atoms with Crippen LogP contribution in [0.2, 0.25) is 0 Å². The zero-order valence-corrected chi connectivity index (χ0v) is 11.2. The highest BCUT2D eigenvalue weighted by Gasteiger charge is 2.16. The molecular weight excluding hydrogens is 252 g/mol. The minimum absolute atomic E-state index is 0.154. The zero-order chi connectivity index (χ0) is 13.2. The van der Waals surface area contributed by atoms with Gasteiger partial charge in [-0.05, 0) is 26.8 Å². The number of ether oxygens (including phenoxy) is 2. The number of pyridine rings is 1. The number of carbonyl (C=O) groups excluding carboxylic acids is 1. The maximum atomic E-state index is 11.5. The number of thiazole rings is 1.